The third kappa shape index (κ3) is 17.2. The first-order valence-corrected chi connectivity index (χ1v) is 19.7. The van der Waals surface area contributed by atoms with Crippen LogP contribution in [0.4, 0.5) is 28.4 Å². The van der Waals surface area contributed by atoms with Crippen molar-refractivity contribution in [3.05, 3.63) is 174 Å². The summed E-state index contributed by atoms with van der Waals surface area (Å²) in [4.78, 5) is 15.1. The molecule has 0 fully saturated rings. The summed E-state index contributed by atoms with van der Waals surface area (Å²) in [5.41, 5.74) is 40.0. The van der Waals surface area contributed by atoms with Crippen LogP contribution in [0.25, 0.3) is 11.1 Å². The number of aryl methyl sites for hydroxylation is 1. The van der Waals surface area contributed by atoms with Crippen LogP contribution in [-0.2, 0) is 12.6 Å². The van der Waals surface area contributed by atoms with Crippen LogP contribution in [0.15, 0.2) is 168 Å². The maximum atomic E-state index is 12.1. The van der Waals surface area contributed by atoms with Crippen molar-refractivity contribution in [1.29, 1.82) is 0 Å². The number of rotatable bonds is 6. The lowest BCUT2D eigenvalue weighted by Gasteiger charge is -2.12. The number of aromatic hydroxyl groups is 1. The van der Waals surface area contributed by atoms with Crippen molar-refractivity contribution in [3.8, 4) is 16.9 Å². The van der Waals surface area contributed by atoms with Crippen LogP contribution >= 0.6 is 0 Å². The molecule has 5 aromatic rings. The first-order valence-electron chi connectivity index (χ1n) is 19.2. The molecule has 0 bridgehead atoms. The van der Waals surface area contributed by atoms with Crippen LogP contribution in [0.1, 0.15) is 48.5 Å². The number of nitrogens with zero attached hydrogens (tertiary/aromatic N) is 1. The van der Waals surface area contributed by atoms with Crippen molar-refractivity contribution in [3.63, 3.8) is 0 Å². The largest absolute Gasteiger partial charge is 0.508 e. The van der Waals surface area contributed by atoms with Gasteiger partial charge in [0.2, 0.25) is 0 Å². The van der Waals surface area contributed by atoms with E-state index in [0.717, 1.165) is 87.1 Å². The number of hydrogen-bond acceptors (Lipinski definition) is 9. The van der Waals surface area contributed by atoms with E-state index in [1.165, 1.54) is 5.57 Å². The predicted octanol–water partition coefficient (Wildman–Crippen LogP) is 7.22. The monoisotopic (exact) mass is 815 g/mol. The summed E-state index contributed by atoms with van der Waals surface area (Å²) >= 11 is 3.41. The Kier molecular flexibility index (Phi) is 19.7. The highest BCUT2D eigenvalue weighted by atomic mass is 32.1. The average Bonchev–Trinajstić information content (AvgIpc) is 3.24. The van der Waals surface area contributed by atoms with Crippen LogP contribution in [0.3, 0.4) is 0 Å². The number of hydrazine groups is 2. The molecule has 0 aromatic heterocycles. The first kappa shape index (κ1) is 46.8. The average molecular weight is 816 g/mol. The van der Waals surface area contributed by atoms with Crippen molar-refractivity contribution >= 4 is 47.0 Å². The van der Waals surface area contributed by atoms with E-state index < -0.39 is 0 Å². The van der Waals surface area contributed by atoms with Gasteiger partial charge in [-0.2, -0.15) is 0 Å². The number of nitrogen functional groups attached to an aromatic ring is 3. The zero-order valence-corrected chi connectivity index (χ0v) is 35.5. The standard InChI is InChI=1S/C19H18N2O2.C8H12N2S.C7H11N3.C7H11N.C6H7N/c22-18-12-10-15(11-13-18)14-6-8-16(9-7-14)19(23)21-20-17-4-2-1-3-5-17;1-10(2)6-3-4-7(9)8(11)5-6;1-5-4-6(8)2-3-7(5)10-9;1-6-4-2-3-5-7(6)8;7-6-4-2-1-3-5-6/h2,4-13,20,22H,1,3H2,(H,21,23);3-5,11H,9H2,1-2H3;2-4,10H,8-9H2,1H3;4-5H,2-3,8H2,1H3;1-5H,7H2/p+2. The molecule has 7 rings (SSSR count). The lowest BCUT2D eigenvalue weighted by molar-refractivity contribution is -0.254. The van der Waals surface area contributed by atoms with E-state index in [2.05, 4.69) is 52.9 Å². The van der Waals surface area contributed by atoms with E-state index in [0.29, 0.717) is 5.56 Å². The van der Waals surface area contributed by atoms with E-state index in [1.54, 1.807) is 24.3 Å². The zero-order valence-electron chi connectivity index (χ0n) is 34.5. The number of hydrogen-bond donors (Lipinski definition) is 9. The van der Waals surface area contributed by atoms with E-state index in [-0.39, 0.29) is 11.7 Å². The molecule has 0 atom stereocenters. The molecule has 15 N–H and O–H groups in total. The number of nitrogens with two attached hydrogens (primary N) is 4. The van der Waals surface area contributed by atoms with Gasteiger partial charge < -0.3 is 38.4 Å². The maximum Gasteiger partial charge on any atom is 0.269 e. The van der Waals surface area contributed by atoms with Crippen molar-refractivity contribution in [2.75, 3.05) is 35.9 Å². The lowest BCUT2D eigenvalue weighted by atomic mass is 10.0. The number of anilines is 4. The number of phenolic OH excluding ortho intramolecular Hbond substituents is 1. The van der Waals surface area contributed by atoms with Gasteiger partial charge >= 0.3 is 0 Å². The topological polar surface area (TPSA) is 208 Å². The summed E-state index contributed by atoms with van der Waals surface area (Å²) in [6, 6.07) is 35.6. The maximum absolute atomic E-state index is 12.1. The molecular weight excluding hydrogens is 755 g/mol. The highest BCUT2D eigenvalue weighted by Gasteiger charge is 2.07. The van der Waals surface area contributed by atoms with Gasteiger partial charge in [-0.3, -0.25) is 21.5 Å². The fourth-order valence-electron chi connectivity index (χ4n) is 5.34. The van der Waals surface area contributed by atoms with Gasteiger partial charge in [-0.1, -0.05) is 66.8 Å². The molecule has 2 aliphatic rings. The molecule has 0 heterocycles. The Bertz CT molecular complexity index is 2160. The van der Waals surface area contributed by atoms with E-state index in [4.69, 9.17) is 23.0 Å². The molecule has 59 heavy (non-hydrogen) atoms. The van der Waals surface area contributed by atoms with Gasteiger partial charge in [-0.15, -0.1) is 0 Å². The summed E-state index contributed by atoms with van der Waals surface area (Å²) in [5, 5.41) is 9.32. The second-order valence-electron chi connectivity index (χ2n) is 13.8. The number of benzene rings is 5. The Hall–Kier alpha value is -6.60. The van der Waals surface area contributed by atoms with Gasteiger partial charge in [0.15, 0.2) is 4.90 Å². The van der Waals surface area contributed by atoms with Crippen LogP contribution in [-0.4, -0.2) is 25.1 Å². The minimum atomic E-state index is -0.179. The molecular formula is C47H61N9O2S+2. The Balaban J connectivity index is 0.000000216. The molecule has 1 amide bonds. The SMILES string of the molecule is CC1=CCCC=C1N.CN(C)c1ccc(N)c([SH2+])c1.Cc1cc(N)ccc1NN.O=C(NNC1=CCCC=C1)c1ccc(-c2ccc(O)cc2)cc1.[NH3+]c1ccccc1. The quantitative estimate of drug-likeness (QED) is 0.0366. The molecule has 0 unspecified atom stereocenters. The summed E-state index contributed by atoms with van der Waals surface area (Å²) < 4.78 is 0. The molecule has 0 saturated heterocycles. The molecule has 0 aliphatic heterocycles. The van der Waals surface area contributed by atoms with Crippen LogP contribution in [0.5, 0.6) is 5.75 Å². The van der Waals surface area contributed by atoms with Crippen molar-refractivity contribution in [2.24, 2.45) is 11.6 Å². The molecule has 0 spiro atoms. The number of phenols is 1. The van der Waals surface area contributed by atoms with E-state index >= 15 is 0 Å². The smallest absolute Gasteiger partial charge is 0.269 e. The van der Waals surface area contributed by atoms with Crippen molar-refractivity contribution in [2.45, 2.75) is 44.4 Å². The normalized spacial score (nSPS) is 12.3. The molecule has 310 valence electrons. The fraction of sp³-hybridized carbons (Fsp3) is 0.170. The lowest BCUT2D eigenvalue weighted by Crippen LogP contribution is -2.39. The Morgan fingerprint density at radius 2 is 1.39 bits per heavy atom. The molecule has 11 nitrogen and oxygen atoms in total. The summed E-state index contributed by atoms with van der Waals surface area (Å²) in [7, 11) is 3.99. The number of nitrogens with one attached hydrogen (secondary N) is 3. The van der Waals surface area contributed by atoms with Gasteiger partial charge in [0.05, 0.1) is 11.4 Å². The molecule has 0 radical (unpaired) electrons. The van der Waals surface area contributed by atoms with Crippen molar-refractivity contribution < 1.29 is 15.6 Å². The number of carbonyl (C=O) groups is 1. The minimum absolute atomic E-state index is 0.179. The minimum Gasteiger partial charge on any atom is -0.508 e. The highest BCUT2D eigenvalue weighted by Crippen LogP contribution is 2.23. The second kappa shape index (κ2) is 24.9. The van der Waals surface area contributed by atoms with E-state index in [9.17, 15) is 9.90 Å². The van der Waals surface area contributed by atoms with Crippen molar-refractivity contribution in [1.82, 2.24) is 10.9 Å². The van der Waals surface area contributed by atoms with Crippen LogP contribution in [0, 0.1) is 6.92 Å². The molecule has 2 aliphatic carbocycles. The molecule has 12 heteroatoms. The fourth-order valence-corrected chi connectivity index (χ4v) is 5.57. The summed E-state index contributed by atoms with van der Waals surface area (Å²) in [6.07, 6.45) is 14.6. The molecule has 5 aromatic carbocycles. The Morgan fingerprint density at radius 3 is 1.88 bits per heavy atom. The van der Waals surface area contributed by atoms with Gasteiger partial charge in [0.25, 0.3) is 5.91 Å². The number of allylic oxidation sites excluding steroid dienone is 6. The number of amides is 1. The predicted molar refractivity (Wildman–Crippen MR) is 252 cm³/mol. The first-order chi connectivity index (χ1) is 28.3. The zero-order chi connectivity index (χ0) is 43.2. The van der Waals surface area contributed by atoms with Gasteiger partial charge in [0.1, 0.15) is 11.4 Å². The number of quaternary nitrogens is 1. The number of carbonyl (C=O) groups excluding carboxylic acids is 1. The van der Waals surface area contributed by atoms with Crippen LogP contribution in [0.2, 0.25) is 0 Å². The second-order valence-corrected chi connectivity index (χ2v) is 14.4. The summed E-state index contributed by atoms with van der Waals surface area (Å²) in [6.45, 7) is 4.00. The Morgan fingerprint density at radius 1 is 0.763 bits per heavy atom. The highest BCUT2D eigenvalue weighted by molar-refractivity contribution is 7.59. The summed E-state index contributed by atoms with van der Waals surface area (Å²) in [5.74, 6) is 5.27. The Labute approximate surface area is 354 Å². The van der Waals surface area contributed by atoms with E-state index in [1.807, 2.05) is 136 Å². The molecule has 0 saturated carbocycles. The van der Waals surface area contributed by atoms with Gasteiger partial charge in [0, 0.05) is 48.5 Å². The third-order valence-electron chi connectivity index (χ3n) is 8.90. The van der Waals surface area contributed by atoms with Crippen LogP contribution < -0.4 is 50.0 Å². The third-order valence-corrected chi connectivity index (χ3v) is 9.33. The van der Waals surface area contributed by atoms with Gasteiger partial charge in [-0.25, -0.2) is 0 Å². The van der Waals surface area contributed by atoms with Gasteiger partial charge in [-0.05, 0) is 147 Å².